The summed E-state index contributed by atoms with van der Waals surface area (Å²) in [6, 6.07) is 8.96. The standard InChI is InChI=1S/C19H15F3N2O3S/c1-2-26-17(25)9-14-11-28-18(24-14)12-3-6-15(7-4-12)27-16-8-5-13(10-23-16)19(20,21)22/h3-8,10-11H,2,9H2,1H3. The summed E-state index contributed by atoms with van der Waals surface area (Å²) in [5.41, 5.74) is 0.623. The van der Waals surface area contributed by atoms with Crippen LogP contribution in [-0.2, 0) is 22.1 Å². The first-order chi connectivity index (χ1) is 13.3. The molecule has 5 nitrogen and oxygen atoms in total. The van der Waals surface area contributed by atoms with E-state index in [1.807, 2.05) is 0 Å². The van der Waals surface area contributed by atoms with Crippen molar-refractivity contribution in [2.75, 3.05) is 6.61 Å². The molecular weight excluding hydrogens is 393 g/mol. The number of thiazole rings is 1. The number of carbonyl (C=O) groups excluding carboxylic acids is 1. The van der Waals surface area contributed by atoms with Gasteiger partial charge in [0.15, 0.2) is 0 Å². The summed E-state index contributed by atoms with van der Waals surface area (Å²) in [4.78, 5) is 19.6. The number of benzene rings is 1. The Bertz CT molecular complexity index is 938. The normalized spacial score (nSPS) is 11.3. The quantitative estimate of drug-likeness (QED) is 0.530. The molecule has 28 heavy (non-hydrogen) atoms. The van der Waals surface area contributed by atoms with E-state index in [1.54, 1.807) is 36.6 Å². The van der Waals surface area contributed by atoms with Gasteiger partial charge in [-0.3, -0.25) is 4.79 Å². The highest BCUT2D eigenvalue weighted by Gasteiger charge is 2.30. The van der Waals surface area contributed by atoms with Crippen LogP contribution in [0.4, 0.5) is 13.2 Å². The number of aromatic nitrogens is 2. The molecule has 0 N–H and O–H groups in total. The summed E-state index contributed by atoms with van der Waals surface area (Å²) in [6.45, 7) is 2.07. The van der Waals surface area contributed by atoms with Gasteiger partial charge in [-0.05, 0) is 37.3 Å². The van der Waals surface area contributed by atoms with E-state index >= 15 is 0 Å². The molecule has 0 bridgehead atoms. The number of hydrogen-bond acceptors (Lipinski definition) is 6. The van der Waals surface area contributed by atoms with Gasteiger partial charge in [-0.15, -0.1) is 11.3 Å². The van der Waals surface area contributed by atoms with E-state index in [9.17, 15) is 18.0 Å². The Morgan fingerprint density at radius 2 is 1.89 bits per heavy atom. The van der Waals surface area contributed by atoms with Gasteiger partial charge in [0.25, 0.3) is 0 Å². The minimum Gasteiger partial charge on any atom is -0.466 e. The molecule has 0 unspecified atom stereocenters. The first-order valence-corrected chi connectivity index (χ1v) is 9.14. The topological polar surface area (TPSA) is 61.3 Å². The largest absolute Gasteiger partial charge is 0.466 e. The Morgan fingerprint density at radius 1 is 1.14 bits per heavy atom. The first kappa shape index (κ1) is 19.8. The molecule has 0 saturated carbocycles. The molecule has 3 aromatic rings. The fourth-order valence-corrected chi connectivity index (χ4v) is 3.10. The minimum absolute atomic E-state index is 0.0618. The van der Waals surface area contributed by atoms with Gasteiger partial charge in [0.05, 0.1) is 24.3 Å². The van der Waals surface area contributed by atoms with Crippen molar-refractivity contribution in [1.82, 2.24) is 9.97 Å². The van der Waals surface area contributed by atoms with E-state index in [0.717, 1.165) is 22.8 Å². The van der Waals surface area contributed by atoms with Crippen molar-refractivity contribution in [3.05, 3.63) is 59.2 Å². The van der Waals surface area contributed by atoms with Crippen LogP contribution in [-0.4, -0.2) is 22.5 Å². The van der Waals surface area contributed by atoms with E-state index in [4.69, 9.17) is 9.47 Å². The molecule has 0 aliphatic heterocycles. The summed E-state index contributed by atoms with van der Waals surface area (Å²) in [6.07, 6.45) is -3.59. The monoisotopic (exact) mass is 408 g/mol. The average Bonchev–Trinajstić information content (AvgIpc) is 3.10. The summed E-state index contributed by atoms with van der Waals surface area (Å²) >= 11 is 1.40. The number of ether oxygens (including phenoxy) is 2. The van der Waals surface area contributed by atoms with E-state index in [-0.39, 0.29) is 18.3 Å². The van der Waals surface area contributed by atoms with Crippen LogP contribution in [0.2, 0.25) is 0 Å². The van der Waals surface area contributed by atoms with Gasteiger partial charge in [-0.1, -0.05) is 0 Å². The molecule has 0 aliphatic carbocycles. The molecule has 2 aromatic heterocycles. The Balaban J connectivity index is 1.65. The zero-order valence-electron chi connectivity index (χ0n) is 14.7. The van der Waals surface area contributed by atoms with Crippen LogP contribution in [0, 0.1) is 0 Å². The van der Waals surface area contributed by atoms with Gasteiger partial charge in [-0.25, -0.2) is 9.97 Å². The second kappa shape index (κ2) is 8.39. The van der Waals surface area contributed by atoms with Crippen molar-refractivity contribution in [1.29, 1.82) is 0 Å². The van der Waals surface area contributed by atoms with Crippen LogP contribution in [0.15, 0.2) is 48.0 Å². The van der Waals surface area contributed by atoms with Crippen molar-refractivity contribution in [3.8, 4) is 22.2 Å². The van der Waals surface area contributed by atoms with Crippen LogP contribution in [0.5, 0.6) is 11.6 Å². The highest BCUT2D eigenvalue weighted by Crippen LogP contribution is 2.31. The molecule has 0 saturated heterocycles. The third kappa shape index (κ3) is 5.07. The smallest absolute Gasteiger partial charge is 0.417 e. The van der Waals surface area contributed by atoms with Gasteiger partial charge in [0.1, 0.15) is 10.8 Å². The van der Waals surface area contributed by atoms with Crippen molar-refractivity contribution in [2.24, 2.45) is 0 Å². The van der Waals surface area contributed by atoms with Gasteiger partial charge < -0.3 is 9.47 Å². The fourth-order valence-electron chi connectivity index (χ4n) is 2.28. The van der Waals surface area contributed by atoms with Gasteiger partial charge in [0, 0.05) is 23.2 Å². The van der Waals surface area contributed by atoms with E-state index in [2.05, 4.69) is 9.97 Å². The van der Waals surface area contributed by atoms with Gasteiger partial charge in [-0.2, -0.15) is 13.2 Å². The van der Waals surface area contributed by atoms with E-state index < -0.39 is 11.7 Å². The predicted molar refractivity (Wildman–Crippen MR) is 97.2 cm³/mol. The van der Waals surface area contributed by atoms with Gasteiger partial charge in [0.2, 0.25) is 5.88 Å². The van der Waals surface area contributed by atoms with Crippen molar-refractivity contribution in [2.45, 2.75) is 19.5 Å². The van der Waals surface area contributed by atoms with Crippen LogP contribution in [0.3, 0.4) is 0 Å². The number of alkyl halides is 3. The van der Waals surface area contributed by atoms with Crippen LogP contribution >= 0.6 is 11.3 Å². The number of hydrogen-bond donors (Lipinski definition) is 0. The molecule has 2 heterocycles. The van der Waals surface area contributed by atoms with Crippen LogP contribution in [0.25, 0.3) is 10.6 Å². The SMILES string of the molecule is CCOC(=O)Cc1csc(-c2ccc(Oc3ccc(C(F)(F)F)cn3)cc2)n1. The van der Waals surface area contributed by atoms with Crippen molar-refractivity contribution < 1.29 is 27.4 Å². The molecule has 0 fully saturated rings. The Morgan fingerprint density at radius 3 is 2.50 bits per heavy atom. The van der Waals surface area contributed by atoms with Gasteiger partial charge >= 0.3 is 12.1 Å². The second-order valence-electron chi connectivity index (χ2n) is 5.64. The van der Waals surface area contributed by atoms with Crippen molar-refractivity contribution >= 4 is 17.3 Å². The highest BCUT2D eigenvalue weighted by molar-refractivity contribution is 7.13. The zero-order chi connectivity index (χ0) is 20.1. The lowest BCUT2D eigenvalue weighted by molar-refractivity contribution is -0.142. The maximum Gasteiger partial charge on any atom is 0.417 e. The third-order valence-electron chi connectivity index (χ3n) is 3.57. The van der Waals surface area contributed by atoms with Crippen LogP contribution < -0.4 is 4.74 Å². The number of carbonyl (C=O) groups is 1. The summed E-state index contributed by atoms with van der Waals surface area (Å²) in [7, 11) is 0. The third-order valence-corrected chi connectivity index (χ3v) is 4.51. The molecule has 0 aliphatic rings. The fraction of sp³-hybridized carbons (Fsp3) is 0.211. The predicted octanol–water partition coefficient (Wildman–Crippen LogP) is 5.12. The molecule has 0 atom stereocenters. The molecule has 0 radical (unpaired) electrons. The molecule has 0 amide bonds. The lowest BCUT2D eigenvalue weighted by Crippen LogP contribution is -2.07. The Labute approximate surface area is 162 Å². The van der Waals surface area contributed by atoms with Crippen molar-refractivity contribution in [3.63, 3.8) is 0 Å². The lowest BCUT2D eigenvalue weighted by Gasteiger charge is -2.08. The number of esters is 1. The lowest BCUT2D eigenvalue weighted by atomic mass is 10.2. The Kier molecular flexibility index (Phi) is 5.93. The number of pyridine rings is 1. The van der Waals surface area contributed by atoms with E-state index in [1.165, 1.54) is 17.4 Å². The summed E-state index contributed by atoms with van der Waals surface area (Å²) in [5, 5.41) is 2.53. The number of rotatable bonds is 6. The highest BCUT2D eigenvalue weighted by atomic mass is 32.1. The molecule has 9 heteroatoms. The Hall–Kier alpha value is -2.94. The second-order valence-corrected chi connectivity index (χ2v) is 6.49. The molecule has 1 aromatic carbocycles. The summed E-state index contributed by atoms with van der Waals surface area (Å²) < 4.78 is 48.0. The molecule has 0 spiro atoms. The molecular formula is C19H15F3N2O3S. The molecule has 3 rings (SSSR count). The maximum atomic E-state index is 12.6. The number of halogens is 3. The maximum absolute atomic E-state index is 12.6. The average molecular weight is 408 g/mol. The van der Waals surface area contributed by atoms with E-state index in [0.29, 0.717) is 18.1 Å². The number of nitrogens with zero attached hydrogens (tertiary/aromatic N) is 2. The first-order valence-electron chi connectivity index (χ1n) is 8.26. The minimum atomic E-state index is -4.44. The zero-order valence-corrected chi connectivity index (χ0v) is 15.5. The summed E-state index contributed by atoms with van der Waals surface area (Å²) in [5.74, 6) is 0.165. The van der Waals surface area contributed by atoms with Crippen LogP contribution in [0.1, 0.15) is 18.2 Å². The molecule has 146 valence electrons.